The van der Waals surface area contributed by atoms with Crippen LogP contribution in [0.2, 0.25) is 0 Å². The third kappa shape index (κ3) is 5.12. The number of fused-ring (bicyclic) bond motifs is 1. The SMILES string of the molecule is Cc1ccc(OCC(=O)Nc2ccccc2S(=O)(=O)CC(=O)N2c3ccccc3CC2C)cc1. The number of rotatable bonds is 7. The summed E-state index contributed by atoms with van der Waals surface area (Å²) in [4.78, 5) is 26.9. The second kappa shape index (κ2) is 9.69. The van der Waals surface area contributed by atoms with E-state index >= 15 is 0 Å². The van der Waals surface area contributed by atoms with Crippen LogP contribution in [0.1, 0.15) is 18.1 Å². The lowest BCUT2D eigenvalue weighted by atomic mass is 10.1. The van der Waals surface area contributed by atoms with Crippen LogP contribution in [0, 0.1) is 6.92 Å². The molecule has 0 fully saturated rings. The fourth-order valence-corrected chi connectivity index (χ4v) is 5.43. The lowest BCUT2D eigenvalue weighted by Crippen LogP contribution is -2.39. The Hall–Kier alpha value is -3.65. The Kier molecular flexibility index (Phi) is 6.70. The molecule has 2 amide bonds. The number of carbonyl (C=O) groups is 2. The lowest BCUT2D eigenvalue weighted by Gasteiger charge is -2.23. The van der Waals surface area contributed by atoms with E-state index in [0.717, 1.165) is 16.8 Å². The normalized spacial score (nSPS) is 15.0. The van der Waals surface area contributed by atoms with E-state index in [1.807, 2.05) is 50.2 Å². The van der Waals surface area contributed by atoms with Crippen LogP contribution >= 0.6 is 0 Å². The molecule has 0 aromatic heterocycles. The molecule has 0 radical (unpaired) electrons. The van der Waals surface area contributed by atoms with E-state index in [0.29, 0.717) is 12.2 Å². The summed E-state index contributed by atoms with van der Waals surface area (Å²) in [5, 5.41) is 2.60. The second-order valence-corrected chi connectivity index (χ2v) is 10.3. The number of para-hydroxylation sites is 2. The Bertz CT molecular complexity index is 1320. The van der Waals surface area contributed by atoms with Crippen molar-refractivity contribution in [1.29, 1.82) is 0 Å². The number of benzene rings is 3. The molecule has 7 nitrogen and oxygen atoms in total. The maximum atomic E-state index is 13.2. The van der Waals surface area contributed by atoms with Gasteiger partial charge >= 0.3 is 0 Å². The van der Waals surface area contributed by atoms with Gasteiger partial charge in [0.25, 0.3) is 5.91 Å². The Morgan fingerprint density at radius 1 is 1.00 bits per heavy atom. The summed E-state index contributed by atoms with van der Waals surface area (Å²) >= 11 is 0. The maximum absolute atomic E-state index is 13.2. The van der Waals surface area contributed by atoms with Crippen molar-refractivity contribution in [3.05, 3.63) is 83.9 Å². The highest BCUT2D eigenvalue weighted by Gasteiger charge is 2.34. The van der Waals surface area contributed by atoms with Crippen molar-refractivity contribution in [3.8, 4) is 5.75 Å². The minimum atomic E-state index is -4.02. The molecule has 8 heteroatoms. The Morgan fingerprint density at radius 2 is 1.68 bits per heavy atom. The van der Waals surface area contributed by atoms with Crippen LogP contribution in [-0.2, 0) is 25.8 Å². The summed E-state index contributed by atoms with van der Waals surface area (Å²) in [6.07, 6.45) is 0.676. The van der Waals surface area contributed by atoms with Gasteiger partial charge in [0.05, 0.1) is 10.6 Å². The Morgan fingerprint density at radius 3 is 2.44 bits per heavy atom. The number of ether oxygens (including phenoxy) is 1. The van der Waals surface area contributed by atoms with E-state index in [9.17, 15) is 18.0 Å². The van der Waals surface area contributed by atoms with Gasteiger partial charge in [-0.2, -0.15) is 0 Å². The van der Waals surface area contributed by atoms with Crippen LogP contribution in [0.5, 0.6) is 5.75 Å². The topological polar surface area (TPSA) is 92.8 Å². The molecule has 1 heterocycles. The van der Waals surface area contributed by atoms with E-state index in [-0.39, 0.29) is 23.2 Å². The molecule has 0 saturated carbocycles. The van der Waals surface area contributed by atoms with Gasteiger partial charge in [-0.3, -0.25) is 9.59 Å². The standard InChI is InChI=1S/C26H26N2O5S/c1-18-11-13-21(14-12-18)33-16-25(29)27-22-8-4-6-10-24(22)34(31,32)17-26(30)28-19(2)15-20-7-3-5-9-23(20)28/h3-14,19H,15-17H2,1-2H3,(H,27,29). The molecule has 0 spiro atoms. The van der Waals surface area contributed by atoms with E-state index in [1.165, 1.54) is 12.1 Å². The van der Waals surface area contributed by atoms with Gasteiger partial charge in [0.1, 0.15) is 11.5 Å². The molecule has 1 unspecified atom stereocenters. The number of amides is 2. The minimum absolute atomic E-state index is 0.104. The van der Waals surface area contributed by atoms with Gasteiger partial charge in [0.15, 0.2) is 16.4 Å². The molecule has 3 aromatic carbocycles. The first-order valence-electron chi connectivity index (χ1n) is 11.0. The van der Waals surface area contributed by atoms with E-state index in [4.69, 9.17) is 4.74 Å². The summed E-state index contributed by atoms with van der Waals surface area (Å²) < 4.78 is 31.9. The summed E-state index contributed by atoms with van der Waals surface area (Å²) in [6.45, 7) is 3.56. The number of carbonyl (C=O) groups excluding carboxylic acids is 2. The van der Waals surface area contributed by atoms with Crippen molar-refractivity contribution >= 4 is 33.0 Å². The third-order valence-electron chi connectivity index (χ3n) is 5.68. The number of hydrogen-bond donors (Lipinski definition) is 1. The third-order valence-corrected chi connectivity index (χ3v) is 7.33. The van der Waals surface area contributed by atoms with Gasteiger partial charge in [-0.1, -0.05) is 48.0 Å². The van der Waals surface area contributed by atoms with Crippen molar-refractivity contribution in [1.82, 2.24) is 0 Å². The van der Waals surface area contributed by atoms with Crippen LogP contribution in [0.25, 0.3) is 0 Å². The number of hydrogen-bond acceptors (Lipinski definition) is 5. The molecule has 4 rings (SSSR count). The van der Waals surface area contributed by atoms with Gasteiger partial charge in [0.2, 0.25) is 5.91 Å². The average Bonchev–Trinajstić information content (AvgIpc) is 3.14. The fourth-order valence-electron chi connectivity index (χ4n) is 4.07. The zero-order valence-corrected chi connectivity index (χ0v) is 19.8. The molecule has 176 valence electrons. The number of nitrogens with one attached hydrogen (secondary N) is 1. The zero-order valence-electron chi connectivity index (χ0n) is 19.0. The first kappa shape index (κ1) is 23.5. The monoisotopic (exact) mass is 478 g/mol. The summed E-state index contributed by atoms with van der Waals surface area (Å²) in [6, 6.07) is 20.7. The fraction of sp³-hybridized carbons (Fsp3) is 0.231. The summed E-state index contributed by atoms with van der Waals surface area (Å²) in [5.74, 6) is -1.16. The van der Waals surface area contributed by atoms with Crippen LogP contribution in [0.15, 0.2) is 77.7 Å². The maximum Gasteiger partial charge on any atom is 0.262 e. The zero-order chi connectivity index (χ0) is 24.3. The van der Waals surface area contributed by atoms with Crippen molar-refractivity contribution in [2.24, 2.45) is 0 Å². The van der Waals surface area contributed by atoms with Crippen LogP contribution < -0.4 is 15.0 Å². The molecule has 1 aliphatic heterocycles. The highest BCUT2D eigenvalue weighted by molar-refractivity contribution is 7.92. The number of aryl methyl sites for hydroxylation is 1. The van der Waals surface area contributed by atoms with E-state index in [2.05, 4.69) is 5.32 Å². The average molecular weight is 479 g/mol. The van der Waals surface area contributed by atoms with E-state index in [1.54, 1.807) is 29.2 Å². The van der Waals surface area contributed by atoms with Gasteiger partial charge < -0.3 is 15.0 Å². The molecule has 0 aliphatic carbocycles. The lowest BCUT2D eigenvalue weighted by molar-refractivity contribution is -0.118. The predicted molar refractivity (Wildman–Crippen MR) is 131 cm³/mol. The van der Waals surface area contributed by atoms with E-state index < -0.39 is 27.4 Å². The summed E-state index contributed by atoms with van der Waals surface area (Å²) in [7, 11) is -4.02. The van der Waals surface area contributed by atoms with Crippen LogP contribution in [0.4, 0.5) is 11.4 Å². The predicted octanol–water partition coefficient (Wildman–Crippen LogP) is 3.76. The molecule has 0 bridgehead atoms. The van der Waals surface area contributed by atoms with Gasteiger partial charge in [0, 0.05) is 11.7 Å². The first-order chi connectivity index (χ1) is 16.2. The molecule has 1 aliphatic rings. The van der Waals surface area contributed by atoms with Crippen LogP contribution in [-0.4, -0.2) is 38.6 Å². The smallest absolute Gasteiger partial charge is 0.262 e. The van der Waals surface area contributed by atoms with Crippen molar-refractivity contribution in [2.75, 3.05) is 22.6 Å². The molecular formula is C26H26N2O5S. The largest absolute Gasteiger partial charge is 0.484 e. The molecule has 3 aromatic rings. The highest BCUT2D eigenvalue weighted by Crippen LogP contribution is 2.32. The molecular weight excluding hydrogens is 452 g/mol. The summed E-state index contributed by atoms with van der Waals surface area (Å²) in [5.41, 5.74) is 2.94. The number of nitrogens with zero attached hydrogens (tertiary/aromatic N) is 1. The van der Waals surface area contributed by atoms with Gasteiger partial charge in [-0.25, -0.2) is 8.42 Å². The molecule has 0 saturated heterocycles. The molecule has 1 atom stereocenters. The number of sulfone groups is 1. The van der Waals surface area contributed by atoms with Crippen molar-refractivity contribution < 1.29 is 22.7 Å². The molecule has 34 heavy (non-hydrogen) atoms. The van der Waals surface area contributed by atoms with Gasteiger partial charge in [-0.05, 0) is 56.2 Å². The second-order valence-electron chi connectivity index (χ2n) is 8.35. The Balaban J connectivity index is 1.47. The highest BCUT2D eigenvalue weighted by atomic mass is 32.2. The first-order valence-corrected chi connectivity index (χ1v) is 12.6. The van der Waals surface area contributed by atoms with Crippen molar-refractivity contribution in [2.45, 2.75) is 31.2 Å². The quantitative estimate of drug-likeness (QED) is 0.558. The van der Waals surface area contributed by atoms with Gasteiger partial charge in [-0.15, -0.1) is 0 Å². The minimum Gasteiger partial charge on any atom is -0.484 e. The van der Waals surface area contributed by atoms with Crippen molar-refractivity contribution in [3.63, 3.8) is 0 Å². The van der Waals surface area contributed by atoms with Crippen LogP contribution in [0.3, 0.4) is 0 Å². The molecule has 1 N–H and O–H groups in total. The number of anilines is 2. The Labute approximate surface area is 199 Å².